The van der Waals surface area contributed by atoms with Crippen molar-refractivity contribution < 1.29 is 4.42 Å². The van der Waals surface area contributed by atoms with Crippen molar-refractivity contribution in [3.8, 4) is 17.3 Å². The van der Waals surface area contributed by atoms with Crippen LogP contribution < -0.4 is 5.63 Å². The van der Waals surface area contributed by atoms with E-state index in [1.165, 1.54) is 11.3 Å². The van der Waals surface area contributed by atoms with Crippen molar-refractivity contribution in [1.29, 1.82) is 5.26 Å². The lowest BCUT2D eigenvalue weighted by atomic mass is 10.1. The molecule has 0 radical (unpaired) electrons. The van der Waals surface area contributed by atoms with Gasteiger partial charge in [-0.2, -0.15) is 5.26 Å². The van der Waals surface area contributed by atoms with Crippen molar-refractivity contribution in [3.63, 3.8) is 0 Å². The fourth-order valence-electron chi connectivity index (χ4n) is 2.67. The third kappa shape index (κ3) is 3.58. The number of hydrogen-bond acceptors (Lipinski definition) is 5. The molecule has 4 aromatic rings. The molecule has 28 heavy (non-hydrogen) atoms. The molecule has 0 atom stereocenters. The highest BCUT2D eigenvalue weighted by Gasteiger charge is 2.14. The summed E-state index contributed by atoms with van der Waals surface area (Å²) in [6.07, 6.45) is 1.67. The van der Waals surface area contributed by atoms with Crippen LogP contribution in [-0.4, -0.2) is 4.98 Å². The SMILES string of the molecule is N#C/C(=C\c1ccc(Cl)c(Cl)c1)c1nc(-c2cc3ccccc3oc2=O)cs1. The van der Waals surface area contributed by atoms with Gasteiger partial charge in [0.2, 0.25) is 0 Å². The molecule has 0 unspecified atom stereocenters. The maximum Gasteiger partial charge on any atom is 0.345 e. The molecule has 0 N–H and O–H groups in total. The molecule has 0 fully saturated rings. The Morgan fingerprint density at radius 2 is 1.96 bits per heavy atom. The van der Waals surface area contributed by atoms with Crippen molar-refractivity contribution in [3.05, 3.63) is 84.9 Å². The standard InChI is InChI=1S/C21H10Cl2N2O2S/c22-16-6-5-12(8-17(16)23)7-14(10-24)20-25-18(11-28-20)15-9-13-3-1-2-4-19(13)27-21(15)26/h1-9,11H/b14-7+. The molecule has 2 aromatic carbocycles. The summed E-state index contributed by atoms with van der Waals surface area (Å²) >= 11 is 13.2. The number of fused-ring (bicyclic) bond motifs is 1. The summed E-state index contributed by atoms with van der Waals surface area (Å²) in [5.41, 5.74) is 1.96. The minimum Gasteiger partial charge on any atom is -0.422 e. The Labute approximate surface area is 173 Å². The predicted molar refractivity (Wildman–Crippen MR) is 114 cm³/mol. The zero-order chi connectivity index (χ0) is 19.7. The van der Waals surface area contributed by atoms with Crippen LogP contribution in [0.1, 0.15) is 10.6 Å². The Morgan fingerprint density at radius 3 is 2.75 bits per heavy atom. The zero-order valence-electron chi connectivity index (χ0n) is 14.1. The Kier molecular flexibility index (Phi) is 5.01. The quantitative estimate of drug-likeness (QED) is 0.286. The number of halogens is 2. The Balaban J connectivity index is 1.75. The Morgan fingerprint density at radius 1 is 1.14 bits per heavy atom. The molecule has 0 aliphatic heterocycles. The lowest BCUT2D eigenvalue weighted by Crippen LogP contribution is -2.02. The number of hydrogen-bond donors (Lipinski definition) is 0. The van der Waals surface area contributed by atoms with Gasteiger partial charge in [0.15, 0.2) is 0 Å². The van der Waals surface area contributed by atoms with E-state index in [0.717, 1.165) is 10.9 Å². The molecule has 136 valence electrons. The summed E-state index contributed by atoms with van der Waals surface area (Å²) in [7, 11) is 0. The highest BCUT2D eigenvalue weighted by molar-refractivity contribution is 7.11. The second-order valence-corrected chi connectivity index (χ2v) is 7.54. The zero-order valence-corrected chi connectivity index (χ0v) is 16.5. The Hall–Kier alpha value is -2.91. The topological polar surface area (TPSA) is 66.9 Å². The normalized spacial score (nSPS) is 11.5. The van der Waals surface area contributed by atoms with Crippen LogP contribution in [-0.2, 0) is 0 Å². The first-order valence-corrected chi connectivity index (χ1v) is 9.75. The first-order chi connectivity index (χ1) is 13.5. The molecule has 0 saturated carbocycles. The summed E-state index contributed by atoms with van der Waals surface area (Å²) in [6, 6.07) is 16.3. The van der Waals surface area contributed by atoms with Crippen LogP contribution in [0.3, 0.4) is 0 Å². The van der Waals surface area contributed by atoms with Gasteiger partial charge in [-0.1, -0.05) is 47.5 Å². The fourth-order valence-corrected chi connectivity index (χ4v) is 3.76. The molecule has 4 nitrogen and oxygen atoms in total. The lowest BCUT2D eigenvalue weighted by molar-refractivity contribution is 0.563. The first kappa shape index (κ1) is 18.5. The van der Waals surface area contributed by atoms with Crippen LogP contribution in [0.5, 0.6) is 0 Å². The van der Waals surface area contributed by atoms with Gasteiger partial charge in [0, 0.05) is 10.8 Å². The van der Waals surface area contributed by atoms with E-state index in [0.29, 0.717) is 37.5 Å². The van der Waals surface area contributed by atoms with Gasteiger partial charge >= 0.3 is 5.63 Å². The van der Waals surface area contributed by atoms with Crippen molar-refractivity contribution in [2.75, 3.05) is 0 Å². The third-order valence-electron chi connectivity index (χ3n) is 4.03. The maximum absolute atomic E-state index is 12.3. The van der Waals surface area contributed by atoms with E-state index in [4.69, 9.17) is 27.6 Å². The first-order valence-electron chi connectivity index (χ1n) is 8.11. The van der Waals surface area contributed by atoms with E-state index in [1.807, 2.05) is 12.1 Å². The van der Waals surface area contributed by atoms with E-state index >= 15 is 0 Å². The number of benzene rings is 2. The monoisotopic (exact) mass is 424 g/mol. The largest absolute Gasteiger partial charge is 0.422 e. The van der Waals surface area contributed by atoms with E-state index in [2.05, 4.69) is 11.1 Å². The molecular weight excluding hydrogens is 415 g/mol. The molecule has 4 rings (SSSR count). The van der Waals surface area contributed by atoms with Gasteiger partial charge in [-0.3, -0.25) is 0 Å². The van der Waals surface area contributed by atoms with Crippen LogP contribution in [0.4, 0.5) is 0 Å². The third-order valence-corrected chi connectivity index (χ3v) is 5.64. The summed E-state index contributed by atoms with van der Waals surface area (Å²) in [4.78, 5) is 16.8. The molecule has 0 bridgehead atoms. The average Bonchev–Trinajstić information content (AvgIpc) is 3.18. The van der Waals surface area contributed by atoms with Crippen molar-refractivity contribution in [2.45, 2.75) is 0 Å². The second kappa shape index (κ2) is 7.61. The summed E-state index contributed by atoms with van der Waals surface area (Å²) < 4.78 is 5.37. The molecular formula is C21H10Cl2N2O2S. The van der Waals surface area contributed by atoms with Gasteiger partial charge < -0.3 is 4.42 Å². The number of thiazole rings is 1. The van der Waals surface area contributed by atoms with Crippen LogP contribution in [0.15, 0.2) is 63.1 Å². The summed E-state index contributed by atoms with van der Waals surface area (Å²) in [6.45, 7) is 0. The molecule has 0 amide bonds. The van der Waals surface area contributed by atoms with Crippen LogP contribution >= 0.6 is 34.5 Å². The lowest BCUT2D eigenvalue weighted by Gasteiger charge is -2.00. The van der Waals surface area contributed by atoms with Crippen LogP contribution in [0, 0.1) is 11.3 Å². The van der Waals surface area contributed by atoms with E-state index in [-0.39, 0.29) is 0 Å². The van der Waals surface area contributed by atoms with Gasteiger partial charge in [0.05, 0.1) is 26.9 Å². The molecule has 7 heteroatoms. The van der Waals surface area contributed by atoms with Crippen LogP contribution in [0.2, 0.25) is 10.0 Å². The highest BCUT2D eigenvalue weighted by Crippen LogP contribution is 2.29. The molecule has 0 aliphatic rings. The van der Waals surface area contributed by atoms with Crippen molar-refractivity contribution in [1.82, 2.24) is 4.98 Å². The smallest absolute Gasteiger partial charge is 0.345 e. The van der Waals surface area contributed by atoms with E-state index < -0.39 is 5.63 Å². The van der Waals surface area contributed by atoms with Gasteiger partial charge in [0.25, 0.3) is 0 Å². The van der Waals surface area contributed by atoms with Gasteiger partial charge in [-0.15, -0.1) is 11.3 Å². The molecule has 0 saturated heterocycles. The van der Waals surface area contributed by atoms with Crippen molar-refractivity contribution in [2.24, 2.45) is 0 Å². The highest BCUT2D eigenvalue weighted by atomic mass is 35.5. The van der Waals surface area contributed by atoms with E-state index in [1.54, 1.807) is 47.9 Å². The van der Waals surface area contributed by atoms with Gasteiger partial charge in [0.1, 0.15) is 16.7 Å². The Bertz CT molecular complexity index is 1330. The molecule has 0 aliphatic carbocycles. The maximum atomic E-state index is 12.3. The number of para-hydroxylation sites is 1. The molecule has 2 heterocycles. The number of aromatic nitrogens is 1. The minimum absolute atomic E-state index is 0.355. The average molecular weight is 425 g/mol. The molecule has 0 spiro atoms. The van der Waals surface area contributed by atoms with Gasteiger partial charge in [-0.05, 0) is 35.9 Å². The summed E-state index contributed by atoms with van der Waals surface area (Å²) in [5.74, 6) is 0. The van der Waals surface area contributed by atoms with E-state index in [9.17, 15) is 10.1 Å². The number of rotatable bonds is 3. The minimum atomic E-state index is -0.470. The number of allylic oxidation sites excluding steroid dienone is 1. The number of nitriles is 1. The van der Waals surface area contributed by atoms with Crippen LogP contribution in [0.25, 0.3) is 33.9 Å². The van der Waals surface area contributed by atoms with Gasteiger partial charge in [-0.25, -0.2) is 9.78 Å². The molecule has 2 aromatic heterocycles. The second-order valence-electron chi connectivity index (χ2n) is 5.87. The predicted octanol–water partition coefficient (Wildman–Crippen LogP) is 6.29. The summed E-state index contributed by atoms with van der Waals surface area (Å²) in [5, 5.41) is 13.4. The number of nitrogens with zero attached hydrogens (tertiary/aromatic N) is 2. The van der Waals surface area contributed by atoms with Crippen molar-refractivity contribution >= 4 is 57.2 Å². The fraction of sp³-hybridized carbons (Fsp3) is 0.